The number of imidazole rings is 1. The number of halogens is 1. The second-order valence-corrected chi connectivity index (χ2v) is 9.95. The number of phenolic OH excluding ortho intramolecular Hbond substituents is 1. The normalized spacial score (nSPS) is 13.8. The summed E-state index contributed by atoms with van der Waals surface area (Å²) in [6, 6.07) is 17.9. The minimum Gasteiger partial charge on any atom is -0.504 e. The second-order valence-electron chi connectivity index (χ2n) is 9.95. The fourth-order valence-corrected chi connectivity index (χ4v) is 4.96. The molecule has 1 fully saturated rings. The number of amides is 1. The Morgan fingerprint density at radius 2 is 1.90 bits per heavy atom. The van der Waals surface area contributed by atoms with Crippen molar-refractivity contribution in [3.63, 3.8) is 0 Å². The van der Waals surface area contributed by atoms with Crippen molar-refractivity contribution in [2.75, 3.05) is 5.73 Å². The molecule has 4 N–H and O–H groups in total. The highest BCUT2D eigenvalue weighted by atomic mass is 19.1. The van der Waals surface area contributed by atoms with Crippen LogP contribution in [0.3, 0.4) is 0 Å². The van der Waals surface area contributed by atoms with Crippen LogP contribution >= 0.6 is 0 Å². The number of aryl methyl sites for hydroxylation is 1. The summed E-state index contributed by atoms with van der Waals surface area (Å²) < 4.78 is 16.4. The van der Waals surface area contributed by atoms with Crippen LogP contribution in [-0.4, -0.2) is 36.8 Å². The van der Waals surface area contributed by atoms with Crippen LogP contribution in [0, 0.1) is 12.7 Å². The summed E-state index contributed by atoms with van der Waals surface area (Å²) in [6.45, 7) is 1.92. The van der Waals surface area contributed by atoms with Crippen molar-refractivity contribution in [2.24, 2.45) is 0 Å². The maximum Gasteiger partial charge on any atom is 0.225 e. The minimum atomic E-state index is -0.963. The highest BCUT2D eigenvalue weighted by Crippen LogP contribution is 2.46. The molecule has 40 heavy (non-hydrogen) atoms. The van der Waals surface area contributed by atoms with Crippen LogP contribution < -0.4 is 11.1 Å². The van der Waals surface area contributed by atoms with E-state index < -0.39 is 17.1 Å². The fraction of sp³-hybridized carbons (Fsp3) is 0.167. The van der Waals surface area contributed by atoms with Gasteiger partial charge < -0.3 is 16.2 Å². The summed E-state index contributed by atoms with van der Waals surface area (Å²) in [7, 11) is 0. The molecule has 0 bridgehead atoms. The number of pyridine rings is 2. The van der Waals surface area contributed by atoms with Gasteiger partial charge in [0.05, 0.1) is 23.1 Å². The van der Waals surface area contributed by atoms with E-state index in [1.165, 1.54) is 12.1 Å². The second kappa shape index (κ2) is 9.57. The Bertz CT molecular complexity index is 1790. The monoisotopic (exact) mass is 536 g/mol. The molecule has 1 aliphatic carbocycles. The van der Waals surface area contributed by atoms with E-state index in [9.17, 15) is 19.1 Å². The summed E-state index contributed by atoms with van der Waals surface area (Å²) in [5.74, 6) is -1.12. The number of nitrogens with two attached hydrogens (primary N) is 1. The Morgan fingerprint density at radius 3 is 2.60 bits per heavy atom. The first-order valence-electron chi connectivity index (χ1n) is 12.7. The highest BCUT2D eigenvalue weighted by molar-refractivity contribution is 5.84. The zero-order valence-corrected chi connectivity index (χ0v) is 21.6. The van der Waals surface area contributed by atoms with Gasteiger partial charge in [-0.3, -0.25) is 14.2 Å². The van der Waals surface area contributed by atoms with E-state index in [2.05, 4.69) is 10.3 Å². The lowest BCUT2D eigenvalue weighted by molar-refractivity contribution is -0.121. The largest absolute Gasteiger partial charge is 0.504 e. The molecule has 1 amide bonds. The van der Waals surface area contributed by atoms with E-state index in [1.54, 1.807) is 12.3 Å². The number of aromatic nitrogens is 4. The summed E-state index contributed by atoms with van der Waals surface area (Å²) in [4.78, 5) is 37.5. The first-order chi connectivity index (χ1) is 19.3. The molecule has 5 aromatic rings. The number of benzene rings is 2. The lowest BCUT2D eigenvalue weighted by Gasteiger charge is -2.19. The number of carbonyl (C=O) groups is 2. The van der Waals surface area contributed by atoms with Crippen LogP contribution in [0.25, 0.3) is 28.2 Å². The third-order valence-corrected chi connectivity index (χ3v) is 7.24. The van der Waals surface area contributed by atoms with Gasteiger partial charge in [-0.15, -0.1) is 0 Å². The molecule has 0 saturated heterocycles. The van der Waals surface area contributed by atoms with Gasteiger partial charge in [0.15, 0.2) is 29.3 Å². The molecule has 1 saturated carbocycles. The Hall–Kier alpha value is -5.12. The van der Waals surface area contributed by atoms with Gasteiger partial charge in [0.2, 0.25) is 5.91 Å². The van der Waals surface area contributed by atoms with Gasteiger partial charge in [0.25, 0.3) is 0 Å². The van der Waals surface area contributed by atoms with Crippen molar-refractivity contribution in [1.82, 2.24) is 24.8 Å². The molecule has 10 heteroatoms. The Balaban J connectivity index is 1.30. The Labute approximate surface area is 228 Å². The molecule has 2 aromatic carbocycles. The third kappa shape index (κ3) is 4.33. The molecular weight excluding hydrogens is 511 g/mol. The first kappa shape index (κ1) is 25.2. The summed E-state index contributed by atoms with van der Waals surface area (Å²) in [5, 5.41) is 12.9. The molecule has 0 spiro atoms. The van der Waals surface area contributed by atoms with E-state index in [-0.39, 0.29) is 23.5 Å². The van der Waals surface area contributed by atoms with E-state index >= 15 is 0 Å². The van der Waals surface area contributed by atoms with Gasteiger partial charge in [-0.25, -0.2) is 19.3 Å². The lowest BCUT2D eigenvalue weighted by Crippen LogP contribution is -2.36. The average molecular weight is 537 g/mol. The maximum atomic E-state index is 14.5. The number of hydrogen-bond acceptors (Lipinski definition) is 7. The van der Waals surface area contributed by atoms with Crippen LogP contribution in [-0.2, 0) is 16.8 Å². The molecule has 6 rings (SSSR count). The molecule has 9 nitrogen and oxygen atoms in total. The molecule has 3 heterocycles. The number of aldehydes is 1. The van der Waals surface area contributed by atoms with Crippen LogP contribution in [0.2, 0.25) is 0 Å². The molecule has 3 aromatic heterocycles. The number of hydrogen-bond donors (Lipinski definition) is 3. The van der Waals surface area contributed by atoms with Crippen molar-refractivity contribution in [2.45, 2.75) is 31.7 Å². The van der Waals surface area contributed by atoms with Gasteiger partial charge in [0.1, 0.15) is 11.3 Å². The predicted molar refractivity (Wildman–Crippen MR) is 147 cm³/mol. The molecule has 0 radical (unpaired) electrons. The first-order valence-corrected chi connectivity index (χ1v) is 12.7. The van der Waals surface area contributed by atoms with Crippen molar-refractivity contribution < 1.29 is 19.1 Å². The summed E-state index contributed by atoms with van der Waals surface area (Å²) >= 11 is 0. The van der Waals surface area contributed by atoms with Crippen molar-refractivity contribution >= 4 is 29.2 Å². The van der Waals surface area contributed by atoms with Gasteiger partial charge in [-0.2, -0.15) is 0 Å². The van der Waals surface area contributed by atoms with Gasteiger partial charge >= 0.3 is 0 Å². The molecular formula is C30H25FN6O3. The number of anilines is 1. The number of rotatable bonds is 7. The van der Waals surface area contributed by atoms with E-state index in [0.717, 1.165) is 35.3 Å². The predicted octanol–water partition coefficient (Wildman–Crippen LogP) is 4.38. The number of fused-ring (bicyclic) bond motifs is 1. The van der Waals surface area contributed by atoms with Gasteiger partial charge in [0, 0.05) is 23.1 Å². The van der Waals surface area contributed by atoms with Gasteiger partial charge in [-0.05, 0) is 67.8 Å². The fourth-order valence-electron chi connectivity index (χ4n) is 4.96. The number of carbonyl (C=O) groups excluding carboxylic acids is 2. The van der Waals surface area contributed by atoms with Crippen molar-refractivity contribution in [3.05, 3.63) is 95.1 Å². The Morgan fingerprint density at radius 1 is 1.12 bits per heavy atom. The standard InChI is InChI=1S/C30H25FN6O3/c1-17-4-11-23-29(34-17)37(28(35-23)22-3-2-14-33-27(22)32)21-9-7-20(8-10-21)30(12-13-30)36-24(39)15-18-5-6-19(16-38)26(40)25(18)31/h2-11,14,16,40H,12-13,15H2,1H3,(H2,32,33)(H,36,39). The molecule has 0 unspecified atom stereocenters. The van der Waals surface area contributed by atoms with Crippen LogP contribution in [0.1, 0.15) is 40.0 Å². The maximum absolute atomic E-state index is 14.5. The lowest BCUT2D eigenvalue weighted by atomic mass is 10.0. The molecule has 0 aliphatic heterocycles. The number of nitrogens with one attached hydrogen (secondary N) is 1. The SMILES string of the molecule is Cc1ccc2nc(-c3cccnc3N)n(-c3ccc(C4(NC(=O)Cc5ccc(C=O)c(O)c5F)CC4)cc3)c2n1. The number of nitrogen functional groups attached to an aromatic ring is 1. The zero-order chi connectivity index (χ0) is 28.0. The number of phenols is 1. The molecule has 0 atom stereocenters. The zero-order valence-electron chi connectivity index (χ0n) is 21.6. The topological polar surface area (TPSA) is 136 Å². The molecule has 1 aliphatic rings. The molecule has 200 valence electrons. The van der Waals surface area contributed by atoms with Gasteiger partial charge in [-0.1, -0.05) is 18.2 Å². The smallest absolute Gasteiger partial charge is 0.225 e. The van der Waals surface area contributed by atoms with Crippen LogP contribution in [0.15, 0.2) is 66.9 Å². The Kier molecular flexibility index (Phi) is 6.02. The van der Waals surface area contributed by atoms with E-state index in [4.69, 9.17) is 15.7 Å². The number of aromatic hydroxyl groups is 1. The summed E-state index contributed by atoms with van der Waals surface area (Å²) in [5.41, 5.74) is 10.2. The highest BCUT2D eigenvalue weighted by Gasteiger charge is 2.45. The quantitative estimate of drug-likeness (QED) is 0.263. The van der Waals surface area contributed by atoms with Crippen molar-refractivity contribution in [3.8, 4) is 22.8 Å². The van der Waals surface area contributed by atoms with Crippen molar-refractivity contribution in [1.29, 1.82) is 0 Å². The van der Waals surface area contributed by atoms with E-state index in [0.29, 0.717) is 29.1 Å². The van der Waals surface area contributed by atoms with E-state index in [1.807, 2.05) is 54.0 Å². The number of nitrogens with zero attached hydrogens (tertiary/aromatic N) is 4. The minimum absolute atomic E-state index is 0.0173. The summed E-state index contributed by atoms with van der Waals surface area (Å²) in [6.07, 6.45) is 3.21. The van der Waals surface area contributed by atoms with Crippen LogP contribution in [0.5, 0.6) is 5.75 Å². The third-order valence-electron chi connectivity index (χ3n) is 7.24. The van der Waals surface area contributed by atoms with Crippen LogP contribution in [0.4, 0.5) is 10.2 Å². The average Bonchev–Trinajstić information content (AvgIpc) is 3.63.